The third-order valence-corrected chi connectivity index (χ3v) is 5.90. The van der Waals surface area contributed by atoms with Gasteiger partial charge in [0.25, 0.3) is 0 Å². The van der Waals surface area contributed by atoms with Crippen molar-refractivity contribution in [2.24, 2.45) is 0 Å². The molecule has 116 valence electrons. The number of ether oxygens (including phenoxy) is 2. The first-order valence-corrected chi connectivity index (χ1v) is 8.69. The van der Waals surface area contributed by atoms with Crippen LogP contribution in [0.4, 0.5) is 0 Å². The molecule has 2 aliphatic heterocycles. The van der Waals surface area contributed by atoms with E-state index in [0.717, 1.165) is 13.0 Å². The van der Waals surface area contributed by atoms with Gasteiger partial charge in [0.05, 0.1) is 4.90 Å². The van der Waals surface area contributed by atoms with E-state index in [1.807, 2.05) is 6.92 Å². The molecule has 3 rings (SSSR count). The minimum absolute atomic E-state index is 0.0215. The zero-order chi connectivity index (χ0) is 14.9. The van der Waals surface area contributed by atoms with Gasteiger partial charge >= 0.3 is 0 Å². The summed E-state index contributed by atoms with van der Waals surface area (Å²) in [6, 6.07) is 4.85. The second kappa shape index (κ2) is 5.82. The maximum absolute atomic E-state index is 12.8. The second-order valence-corrected chi connectivity index (χ2v) is 7.05. The molecule has 0 amide bonds. The minimum Gasteiger partial charge on any atom is -0.486 e. The Labute approximate surface area is 125 Å². The zero-order valence-corrected chi connectivity index (χ0v) is 12.9. The van der Waals surface area contributed by atoms with Crippen LogP contribution in [-0.2, 0) is 10.0 Å². The lowest BCUT2D eigenvalue weighted by Crippen LogP contribution is -2.41. The van der Waals surface area contributed by atoms with Gasteiger partial charge in [-0.05, 0) is 25.1 Å². The van der Waals surface area contributed by atoms with Gasteiger partial charge in [-0.25, -0.2) is 8.42 Å². The SMILES string of the molecule is CCN(C1CCNC1)S(=O)(=O)c1ccc2c(c1)OCCO2. The highest BCUT2D eigenvalue weighted by molar-refractivity contribution is 7.89. The van der Waals surface area contributed by atoms with Gasteiger partial charge in [0.15, 0.2) is 11.5 Å². The van der Waals surface area contributed by atoms with E-state index in [4.69, 9.17) is 9.47 Å². The Kier molecular flexibility index (Phi) is 4.05. The number of hydrogen-bond acceptors (Lipinski definition) is 5. The van der Waals surface area contributed by atoms with Crippen LogP contribution in [0.3, 0.4) is 0 Å². The van der Waals surface area contributed by atoms with Gasteiger partial charge in [0.2, 0.25) is 10.0 Å². The molecule has 1 aromatic carbocycles. The second-order valence-electron chi connectivity index (χ2n) is 5.16. The fraction of sp³-hybridized carbons (Fsp3) is 0.571. The summed E-state index contributed by atoms with van der Waals surface area (Å²) in [4.78, 5) is 0.264. The van der Waals surface area contributed by atoms with Crippen molar-refractivity contribution in [3.05, 3.63) is 18.2 Å². The van der Waals surface area contributed by atoms with Crippen LogP contribution in [-0.4, -0.2) is 51.6 Å². The number of hydrogen-bond donors (Lipinski definition) is 1. The Balaban J connectivity index is 1.93. The highest BCUT2D eigenvalue weighted by atomic mass is 32.2. The Morgan fingerprint density at radius 1 is 1.29 bits per heavy atom. The van der Waals surface area contributed by atoms with Gasteiger partial charge in [-0.15, -0.1) is 0 Å². The maximum Gasteiger partial charge on any atom is 0.243 e. The van der Waals surface area contributed by atoms with Crippen molar-refractivity contribution in [2.45, 2.75) is 24.3 Å². The summed E-state index contributed by atoms with van der Waals surface area (Å²) < 4.78 is 38.2. The van der Waals surface area contributed by atoms with Gasteiger partial charge in [0.1, 0.15) is 13.2 Å². The molecule has 2 heterocycles. The predicted molar refractivity (Wildman–Crippen MR) is 78.3 cm³/mol. The lowest BCUT2D eigenvalue weighted by molar-refractivity contribution is 0.171. The highest BCUT2D eigenvalue weighted by Gasteiger charge is 2.32. The van der Waals surface area contributed by atoms with Crippen molar-refractivity contribution in [2.75, 3.05) is 32.8 Å². The molecule has 0 spiro atoms. The summed E-state index contributed by atoms with van der Waals surface area (Å²) in [6.07, 6.45) is 0.845. The summed E-state index contributed by atoms with van der Waals surface area (Å²) in [5.74, 6) is 1.11. The third-order valence-electron chi connectivity index (χ3n) is 3.87. The smallest absolute Gasteiger partial charge is 0.243 e. The molecule has 0 bridgehead atoms. The van der Waals surface area contributed by atoms with E-state index in [0.29, 0.717) is 37.8 Å². The molecule has 0 aliphatic carbocycles. The van der Waals surface area contributed by atoms with Crippen LogP contribution < -0.4 is 14.8 Å². The van der Waals surface area contributed by atoms with Crippen LogP contribution in [0.1, 0.15) is 13.3 Å². The molecule has 2 aliphatic rings. The molecular weight excluding hydrogens is 292 g/mol. The van der Waals surface area contributed by atoms with Crippen LogP contribution in [0.2, 0.25) is 0 Å². The molecule has 21 heavy (non-hydrogen) atoms. The molecule has 1 unspecified atom stereocenters. The standard InChI is InChI=1S/C14H20N2O4S/c1-2-16(11-5-6-15-10-11)21(17,18)12-3-4-13-14(9-12)20-8-7-19-13/h3-4,9,11,15H,2,5-8,10H2,1H3. The van der Waals surface area contributed by atoms with Gasteiger partial charge in [-0.3, -0.25) is 0 Å². The Morgan fingerprint density at radius 2 is 2.05 bits per heavy atom. The van der Waals surface area contributed by atoms with E-state index in [9.17, 15) is 8.42 Å². The van der Waals surface area contributed by atoms with Crippen molar-refractivity contribution in [3.63, 3.8) is 0 Å². The molecule has 1 aromatic rings. The molecule has 1 fully saturated rings. The summed E-state index contributed by atoms with van der Waals surface area (Å²) in [5, 5.41) is 3.21. The number of rotatable bonds is 4. The van der Waals surface area contributed by atoms with Gasteiger partial charge in [0, 0.05) is 25.2 Å². The normalized spacial score (nSPS) is 21.7. The van der Waals surface area contributed by atoms with E-state index in [1.54, 1.807) is 22.5 Å². The number of nitrogens with zero attached hydrogens (tertiary/aromatic N) is 1. The molecule has 0 radical (unpaired) electrons. The molecule has 7 heteroatoms. The van der Waals surface area contributed by atoms with E-state index >= 15 is 0 Å². The topological polar surface area (TPSA) is 67.9 Å². The number of nitrogens with one attached hydrogen (secondary N) is 1. The van der Waals surface area contributed by atoms with E-state index < -0.39 is 10.0 Å². The van der Waals surface area contributed by atoms with Gasteiger partial charge in [-0.2, -0.15) is 4.31 Å². The van der Waals surface area contributed by atoms with Crippen LogP contribution in [0, 0.1) is 0 Å². The van der Waals surface area contributed by atoms with Gasteiger partial charge in [-0.1, -0.05) is 6.92 Å². The van der Waals surface area contributed by atoms with Crippen molar-refractivity contribution >= 4 is 10.0 Å². The summed E-state index contributed by atoms with van der Waals surface area (Å²) in [7, 11) is -3.51. The van der Waals surface area contributed by atoms with Crippen LogP contribution >= 0.6 is 0 Å². The summed E-state index contributed by atoms with van der Waals surface area (Å²) in [5.41, 5.74) is 0. The number of benzene rings is 1. The quantitative estimate of drug-likeness (QED) is 0.892. The Morgan fingerprint density at radius 3 is 2.71 bits per heavy atom. The fourth-order valence-electron chi connectivity index (χ4n) is 2.83. The Hall–Kier alpha value is -1.31. The molecule has 0 saturated carbocycles. The summed E-state index contributed by atoms with van der Waals surface area (Å²) in [6.45, 7) is 4.83. The molecule has 1 saturated heterocycles. The number of sulfonamides is 1. The fourth-order valence-corrected chi connectivity index (χ4v) is 4.51. The molecule has 6 nitrogen and oxygen atoms in total. The van der Waals surface area contributed by atoms with E-state index in [1.165, 1.54) is 0 Å². The molecule has 1 N–H and O–H groups in total. The molecular formula is C14H20N2O4S. The first-order chi connectivity index (χ1) is 10.1. The summed E-state index contributed by atoms with van der Waals surface area (Å²) >= 11 is 0. The van der Waals surface area contributed by atoms with Gasteiger partial charge < -0.3 is 14.8 Å². The lowest BCUT2D eigenvalue weighted by Gasteiger charge is -2.27. The monoisotopic (exact) mass is 312 g/mol. The first kappa shape index (κ1) is 14.6. The third kappa shape index (κ3) is 2.73. The first-order valence-electron chi connectivity index (χ1n) is 7.25. The van der Waals surface area contributed by atoms with Crippen LogP contribution in [0.15, 0.2) is 23.1 Å². The number of fused-ring (bicyclic) bond motifs is 1. The molecule has 0 aromatic heterocycles. The highest BCUT2D eigenvalue weighted by Crippen LogP contribution is 2.33. The van der Waals surface area contributed by atoms with Crippen molar-refractivity contribution in [1.29, 1.82) is 0 Å². The van der Waals surface area contributed by atoms with Crippen LogP contribution in [0.25, 0.3) is 0 Å². The molecule has 1 atom stereocenters. The average Bonchev–Trinajstić information content (AvgIpc) is 3.01. The largest absolute Gasteiger partial charge is 0.486 e. The zero-order valence-electron chi connectivity index (χ0n) is 12.0. The van der Waals surface area contributed by atoms with E-state index in [-0.39, 0.29) is 10.9 Å². The minimum atomic E-state index is -3.51. The van der Waals surface area contributed by atoms with Crippen LogP contribution in [0.5, 0.6) is 11.5 Å². The lowest BCUT2D eigenvalue weighted by atomic mass is 10.3. The Bertz CT molecular complexity index is 611. The van der Waals surface area contributed by atoms with E-state index in [2.05, 4.69) is 5.32 Å². The average molecular weight is 312 g/mol. The predicted octanol–water partition coefficient (Wildman–Crippen LogP) is 0.830. The number of likely N-dealkylation sites (N-methyl/N-ethyl adjacent to an activating group) is 1. The van der Waals surface area contributed by atoms with Crippen molar-refractivity contribution < 1.29 is 17.9 Å². The van der Waals surface area contributed by atoms with Crippen molar-refractivity contribution in [1.82, 2.24) is 9.62 Å². The maximum atomic E-state index is 12.8. The van der Waals surface area contributed by atoms with Crippen molar-refractivity contribution in [3.8, 4) is 11.5 Å².